The number of carbonyl (C=O) groups excluding carboxylic acids is 1. The van der Waals surface area contributed by atoms with Crippen molar-refractivity contribution in [3.63, 3.8) is 0 Å². The lowest BCUT2D eigenvalue weighted by Gasteiger charge is -2.00. The molecule has 0 saturated carbocycles. The van der Waals surface area contributed by atoms with Gasteiger partial charge >= 0.3 is 0 Å². The fourth-order valence-electron chi connectivity index (χ4n) is 1.52. The van der Waals surface area contributed by atoms with Crippen molar-refractivity contribution < 1.29 is 9.53 Å². The number of nitrogens with one attached hydrogen (secondary N) is 1. The SMILES string of the molecule is CC=CC(=O)Nc1nc(-c2ccc(OC)cc2)cs1. The van der Waals surface area contributed by atoms with E-state index in [1.54, 1.807) is 20.1 Å². The number of hydrogen-bond donors (Lipinski definition) is 1. The quantitative estimate of drug-likeness (QED) is 0.870. The minimum Gasteiger partial charge on any atom is -0.497 e. The number of benzene rings is 1. The van der Waals surface area contributed by atoms with Gasteiger partial charge in [-0.05, 0) is 37.3 Å². The Morgan fingerprint density at radius 1 is 1.37 bits per heavy atom. The lowest BCUT2D eigenvalue weighted by atomic mass is 10.2. The predicted molar refractivity (Wildman–Crippen MR) is 77.5 cm³/mol. The Balaban J connectivity index is 2.13. The first-order valence-corrected chi connectivity index (χ1v) is 6.64. The van der Waals surface area contributed by atoms with Crippen molar-refractivity contribution in [2.45, 2.75) is 6.92 Å². The van der Waals surface area contributed by atoms with Crippen molar-refractivity contribution >= 4 is 22.4 Å². The highest BCUT2D eigenvalue weighted by Gasteiger charge is 2.06. The van der Waals surface area contributed by atoms with Gasteiger partial charge in [-0.25, -0.2) is 4.98 Å². The average Bonchev–Trinajstić information content (AvgIpc) is 2.87. The average molecular weight is 274 g/mol. The van der Waals surface area contributed by atoms with E-state index in [1.807, 2.05) is 29.6 Å². The first-order chi connectivity index (χ1) is 9.22. The Morgan fingerprint density at radius 2 is 2.11 bits per heavy atom. The molecule has 2 aromatic rings. The van der Waals surface area contributed by atoms with Gasteiger partial charge < -0.3 is 4.74 Å². The van der Waals surface area contributed by atoms with Crippen LogP contribution in [0.2, 0.25) is 0 Å². The molecule has 0 atom stereocenters. The molecular weight excluding hydrogens is 260 g/mol. The van der Waals surface area contributed by atoms with Gasteiger partial charge in [-0.3, -0.25) is 10.1 Å². The number of allylic oxidation sites excluding steroid dienone is 1. The summed E-state index contributed by atoms with van der Waals surface area (Å²) in [4.78, 5) is 15.8. The second-order valence-corrected chi connectivity index (χ2v) is 4.61. The normalized spacial score (nSPS) is 10.6. The first kappa shape index (κ1) is 13.3. The molecule has 1 amide bonds. The van der Waals surface area contributed by atoms with Crippen LogP contribution in [0.5, 0.6) is 5.75 Å². The van der Waals surface area contributed by atoms with Crippen molar-refractivity contribution in [1.29, 1.82) is 0 Å². The molecule has 4 nitrogen and oxygen atoms in total. The van der Waals surface area contributed by atoms with Crippen LogP contribution in [0, 0.1) is 0 Å². The second kappa shape index (κ2) is 6.15. The Hall–Kier alpha value is -2.14. The molecule has 0 fully saturated rings. The van der Waals surface area contributed by atoms with Crippen molar-refractivity contribution in [2.24, 2.45) is 0 Å². The van der Waals surface area contributed by atoms with Gasteiger partial charge in [0.2, 0.25) is 5.91 Å². The molecular formula is C14H14N2O2S. The van der Waals surface area contributed by atoms with Crippen LogP contribution in [0.1, 0.15) is 6.92 Å². The summed E-state index contributed by atoms with van der Waals surface area (Å²) in [6, 6.07) is 7.64. The molecule has 0 aliphatic rings. The van der Waals surface area contributed by atoms with Crippen molar-refractivity contribution in [2.75, 3.05) is 12.4 Å². The van der Waals surface area contributed by atoms with E-state index in [0.717, 1.165) is 17.0 Å². The Bertz CT molecular complexity index is 588. The predicted octanol–water partition coefficient (Wildman–Crippen LogP) is 3.33. The van der Waals surface area contributed by atoms with Crippen LogP contribution >= 0.6 is 11.3 Å². The van der Waals surface area contributed by atoms with E-state index in [1.165, 1.54) is 17.4 Å². The van der Waals surface area contributed by atoms with Gasteiger partial charge in [-0.15, -0.1) is 11.3 Å². The maximum atomic E-state index is 11.4. The van der Waals surface area contributed by atoms with Crippen molar-refractivity contribution in [1.82, 2.24) is 4.98 Å². The number of carbonyl (C=O) groups is 1. The van der Waals surface area contributed by atoms with Crippen LogP contribution in [-0.4, -0.2) is 18.0 Å². The Morgan fingerprint density at radius 3 is 2.74 bits per heavy atom. The summed E-state index contributed by atoms with van der Waals surface area (Å²) in [6.45, 7) is 1.80. The highest BCUT2D eigenvalue weighted by molar-refractivity contribution is 7.14. The first-order valence-electron chi connectivity index (χ1n) is 5.76. The summed E-state index contributed by atoms with van der Waals surface area (Å²) in [6.07, 6.45) is 3.15. The lowest BCUT2D eigenvalue weighted by molar-refractivity contribution is -0.111. The van der Waals surface area contributed by atoms with Crippen LogP contribution in [0.3, 0.4) is 0 Å². The van der Waals surface area contributed by atoms with Crippen molar-refractivity contribution in [3.8, 4) is 17.0 Å². The molecule has 0 aliphatic carbocycles. The summed E-state index contributed by atoms with van der Waals surface area (Å²) < 4.78 is 5.11. The summed E-state index contributed by atoms with van der Waals surface area (Å²) in [5.74, 6) is 0.638. The molecule has 0 bridgehead atoms. The smallest absolute Gasteiger partial charge is 0.249 e. The Labute approximate surface area is 115 Å². The van der Waals surface area contributed by atoms with Crippen LogP contribution in [0.4, 0.5) is 5.13 Å². The van der Waals surface area contributed by atoms with Gasteiger partial charge in [-0.2, -0.15) is 0 Å². The zero-order chi connectivity index (χ0) is 13.7. The van der Waals surface area contributed by atoms with E-state index in [2.05, 4.69) is 10.3 Å². The molecule has 1 heterocycles. The van der Waals surface area contributed by atoms with Crippen LogP contribution in [-0.2, 0) is 4.79 Å². The molecule has 98 valence electrons. The number of thiazole rings is 1. The summed E-state index contributed by atoms with van der Waals surface area (Å²) >= 11 is 1.40. The highest BCUT2D eigenvalue weighted by Crippen LogP contribution is 2.26. The number of ether oxygens (including phenoxy) is 1. The van der Waals surface area contributed by atoms with Gasteiger partial charge in [0.05, 0.1) is 12.8 Å². The fourth-order valence-corrected chi connectivity index (χ4v) is 2.25. The molecule has 0 radical (unpaired) electrons. The molecule has 19 heavy (non-hydrogen) atoms. The molecule has 1 aromatic carbocycles. The highest BCUT2D eigenvalue weighted by atomic mass is 32.1. The third-order valence-electron chi connectivity index (χ3n) is 2.44. The number of amides is 1. The van der Waals surface area contributed by atoms with Gasteiger partial charge in [0.25, 0.3) is 0 Å². The van der Waals surface area contributed by atoms with E-state index in [9.17, 15) is 4.79 Å². The van der Waals surface area contributed by atoms with Gasteiger partial charge in [0, 0.05) is 10.9 Å². The number of methoxy groups -OCH3 is 1. The minimum atomic E-state index is -0.168. The number of aromatic nitrogens is 1. The van der Waals surface area contributed by atoms with E-state index in [0.29, 0.717) is 5.13 Å². The van der Waals surface area contributed by atoms with E-state index >= 15 is 0 Å². The molecule has 1 aromatic heterocycles. The largest absolute Gasteiger partial charge is 0.497 e. The topological polar surface area (TPSA) is 51.2 Å². The number of hydrogen-bond acceptors (Lipinski definition) is 4. The third-order valence-corrected chi connectivity index (χ3v) is 3.20. The summed E-state index contributed by atoms with van der Waals surface area (Å²) in [5.41, 5.74) is 1.83. The van der Waals surface area contributed by atoms with Crippen LogP contribution in [0.25, 0.3) is 11.3 Å². The van der Waals surface area contributed by atoms with Gasteiger partial charge in [-0.1, -0.05) is 6.08 Å². The lowest BCUT2D eigenvalue weighted by Crippen LogP contribution is -2.07. The maximum absolute atomic E-state index is 11.4. The maximum Gasteiger partial charge on any atom is 0.249 e. The minimum absolute atomic E-state index is 0.168. The molecule has 1 N–H and O–H groups in total. The zero-order valence-electron chi connectivity index (χ0n) is 10.7. The number of rotatable bonds is 4. The molecule has 0 spiro atoms. The van der Waals surface area contributed by atoms with E-state index in [-0.39, 0.29) is 5.91 Å². The molecule has 2 rings (SSSR count). The number of nitrogens with zero attached hydrogens (tertiary/aromatic N) is 1. The van der Waals surface area contributed by atoms with Crippen molar-refractivity contribution in [3.05, 3.63) is 41.8 Å². The van der Waals surface area contributed by atoms with Gasteiger partial charge in [0.15, 0.2) is 5.13 Å². The molecule has 5 heteroatoms. The van der Waals surface area contributed by atoms with E-state index < -0.39 is 0 Å². The third kappa shape index (κ3) is 3.42. The standard InChI is InChI=1S/C14H14N2O2S/c1-3-4-13(17)16-14-15-12(9-19-14)10-5-7-11(18-2)8-6-10/h3-9H,1-2H3,(H,15,16,17). The van der Waals surface area contributed by atoms with Crippen LogP contribution < -0.4 is 10.1 Å². The zero-order valence-corrected chi connectivity index (χ0v) is 11.5. The summed E-state index contributed by atoms with van der Waals surface area (Å²) in [7, 11) is 1.63. The van der Waals surface area contributed by atoms with Crippen LogP contribution in [0.15, 0.2) is 41.8 Å². The number of anilines is 1. The van der Waals surface area contributed by atoms with Gasteiger partial charge in [0.1, 0.15) is 5.75 Å². The van der Waals surface area contributed by atoms with E-state index in [4.69, 9.17) is 4.74 Å². The summed E-state index contributed by atoms with van der Waals surface area (Å²) in [5, 5.41) is 5.21. The molecule has 0 saturated heterocycles. The molecule has 0 unspecified atom stereocenters. The molecule has 0 aliphatic heterocycles. The monoisotopic (exact) mass is 274 g/mol. The fraction of sp³-hybridized carbons (Fsp3) is 0.143. The second-order valence-electron chi connectivity index (χ2n) is 3.76. The Kier molecular flexibility index (Phi) is 4.30.